The van der Waals surface area contributed by atoms with Crippen LogP contribution in [0.15, 0.2) is 48.9 Å². The van der Waals surface area contributed by atoms with Gasteiger partial charge in [-0.2, -0.15) is 0 Å². The summed E-state index contributed by atoms with van der Waals surface area (Å²) in [7, 11) is -0.441. The molecule has 0 amide bonds. The highest BCUT2D eigenvalue weighted by Gasteiger charge is 2.34. The molecule has 110 valence electrons. The van der Waals surface area contributed by atoms with E-state index in [0.29, 0.717) is 11.5 Å². The van der Waals surface area contributed by atoms with Crippen molar-refractivity contribution >= 4 is 12.6 Å². The number of hydrogen-bond donors (Lipinski definition) is 0. The Kier molecular flexibility index (Phi) is 4.20. The van der Waals surface area contributed by atoms with Gasteiger partial charge < -0.3 is 14.0 Å². The van der Waals surface area contributed by atoms with Gasteiger partial charge >= 0.3 is 7.12 Å². The summed E-state index contributed by atoms with van der Waals surface area (Å²) in [6, 6.07) is 7.77. The van der Waals surface area contributed by atoms with Crippen molar-refractivity contribution < 1.29 is 14.0 Å². The van der Waals surface area contributed by atoms with Crippen LogP contribution in [0, 0.1) is 0 Å². The van der Waals surface area contributed by atoms with Crippen LogP contribution in [0.3, 0.4) is 0 Å². The molecule has 3 rings (SSSR count). The lowest BCUT2D eigenvalue weighted by Crippen LogP contribution is -2.31. The number of nitrogens with zero attached hydrogens (tertiary/aromatic N) is 1. The maximum atomic E-state index is 5.77. The van der Waals surface area contributed by atoms with Crippen LogP contribution in [0.4, 0.5) is 0 Å². The highest BCUT2D eigenvalue weighted by atomic mass is 16.6. The van der Waals surface area contributed by atoms with Crippen LogP contribution in [-0.4, -0.2) is 38.3 Å². The van der Waals surface area contributed by atoms with E-state index < -0.39 is 7.12 Å². The monoisotopic (exact) mass is 285 g/mol. The fraction of sp³-hybridized carbons (Fsp3) is 0.375. The Bertz CT molecular complexity index is 507. The van der Waals surface area contributed by atoms with Crippen LogP contribution in [0.1, 0.15) is 12.8 Å². The molecule has 0 aromatic heterocycles. The van der Waals surface area contributed by atoms with Gasteiger partial charge in [0.1, 0.15) is 23.9 Å². The van der Waals surface area contributed by atoms with E-state index in [4.69, 9.17) is 14.0 Å². The highest BCUT2D eigenvalue weighted by molar-refractivity contribution is 6.62. The lowest BCUT2D eigenvalue weighted by atomic mass is 9.79. The Morgan fingerprint density at radius 1 is 1.05 bits per heavy atom. The smallest absolute Gasteiger partial charge is 0.520 e. The van der Waals surface area contributed by atoms with Crippen LogP contribution in [-0.2, 0) is 9.31 Å². The Balaban J connectivity index is 1.49. The molecular formula is C16H20BNO3. The molecule has 4 nitrogen and oxygen atoms in total. The molecule has 0 atom stereocenters. The third-order valence-electron chi connectivity index (χ3n) is 3.84. The largest absolute Gasteiger partial charge is 0.632 e. The fourth-order valence-corrected chi connectivity index (χ4v) is 2.57. The van der Waals surface area contributed by atoms with Gasteiger partial charge in [-0.15, -0.1) is 0 Å². The molecule has 2 aliphatic rings. The average molecular weight is 285 g/mol. The summed E-state index contributed by atoms with van der Waals surface area (Å²) >= 11 is 0. The zero-order valence-corrected chi connectivity index (χ0v) is 12.2. The molecule has 2 heterocycles. The van der Waals surface area contributed by atoms with E-state index >= 15 is 0 Å². The summed E-state index contributed by atoms with van der Waals surface area (Å²) in [6.45, 7) is 11.6. The first-order chi connectivity index (χ1) is 10.2. The maximum absolute atomic E-state index is 5.77. The lowest BCUT2D eigenvalue weighted by Gasteiger charge is -2.15. The number of likely N-dealkylation sites (tertiary alicyclic amines) is 1. The number of hydrogen-bond acceptors (Lipinski definition) is 4. The molecule has 21 heavy (non-hydrogen) atoms. The van der Waals surface area contributed by atoms with Crippen LogP contribution in [0.2, 0.25) is 0 Å². The Morgan fingerprint density at radius 3 is 2.29 bits per heavy atom. The van der Waals surface area contributed by atoms with Gasteiger partial charge in [0.05, 0.1) is 0 Å². The summed E-state index contributed by atoms with van der Waals surface area (Å²) in [5, 5.41) is 0. The third kappa shape index (κ3) is 3.42. The summed E-state index contributed by atoms with van der Waals surface area (Å²) in [5.41, 5.74) is 0.932. The minimum atomic E-state index is -0.441. The van der Waals surface area contributed by atoms with Gasteiger partial charge in [-0.1, -0.05) is 25.3 Å². The molecule has 0 aliphatic carbocycles. The second kappa shape index (κ2) is 6.27. The van der Waals surface area contributed by atoms with Crippen LogP contribution in [0.25, 0.3) is 0 Å². The van der Waals surface area contributed by atoms with Gasteiger partial charge in [-0.3, -0.25) is 4.90 Å². The lowest BCUT2D eigenvalue weighted by molar-refractivity contribution is 0.238. The van der Waals surface area contributed by atoms with Gasteiger partial charge in [0, 0.05) is 12.0 Å². The average Bonchev–Trinajstić information content (AvgIpc) is 3.11. The van der Waals surface area contributed by atoms with Gasteiger partial charge in [-0.25, -0.2) is 0 Å². The molecule has 5 heteroatoms. The predicted molar refractivity (Wildman–Crippen MR) is 83.4 cm³/mol. The zero-order chi connectivity index (χ0) is 14.7. The van der Waals surface area contributed by atoms with Crippen molar-refractivity contribution in [3.05, 3.63) is 48.9 Å². The number of benzene rings is 1. The van der Waals surface area contributed by atoms with E-state index in [-0.39, 0.29) is 0 Å². The number of ether oxygens (including phenoxy) is 1. The van der Waals surface area contributed by atoms with Crippen LogP contribution < -0.4 is 10.2 Å². The van der Waals surface area contributed by atoms with E-state index in [1.807, 2.05) is 24.3 Å². The Morgan fingerprint density at radius 2 is 1.67 bits per heavy atom. The Labute approximate surface area is 126 Å². The van der Waals surface area contributed by atoms with Gasteiger partial charge in [0.25, 0.3) is 0 Å². The van der Waals surface area contributed by atoms with Crippen molar-refractivity contribution in [3.8, 4) is 5.75 Å². The van der Waals surface area contributed by atoms with Crippen molar-refractivity contribution in [2.24, 2.45) is 0 Å². The van der Waals surface area contributed by atoms with E-state index in [1.165, 1.54) is 25.9 Å². The third-order valence-corrected chi connectivity index (χ3v) is 3.84. The minimum absolute atomic E-state index is 0.441. The summed E-state index contributed by atoms with van der Waals surface area (Å²) < 4.78 is 16.7. The van der Waals surface area contributed by atoms with Crippen molar-refractivity contribution in [2.75, 3.05) is 26.2 Å². The van der Waals surface area contributed by atoms with Crippen LogP contribution in [0.5, 0.6) is 5.75 Å². The highest BCUT2D eigenvalue weighted by Crippen LogP contribution is 2.20. The van der Waals surface area contributed by atoms with E-state index in [1.54, 1.807) is 0 Å². The normalized spacial score (nSPS) is 18.8. The van der Waals surface area contributed by atoms with Crippen molar-refractivity contribution in [3.63, 3.8) is 0 Å². The molecule has 0 bridgehead atoms. The van der Waals surface area contributed by atoms with E-state index in [2.05, 4.69) is 18.1 Å². The molecule has 0 saturated carbocycles. The van der Waals surface area contributed by atoms with Gasteiger partial charge in [0.15, 0.2) is 0 Å². The molecular weight excluding hydrogens is 265 g/mol. The molecule has 2 saturated heterocycles. The molecule has 0 N–H and O–H groups in total. The van der Waals surface area contributed by atoms with Crippen molar-refractivity contribution in [2.45, 2.75) is 12.8 Å². The first-order valence-electron chi connectivity index (χ1n) is 7.39. The molecule has 0 unspecified atom stereocenters. The van der Waals surface area contributed by atoms with Crippen molar-refractivity contribution in [1.29, 1.82) is 0 Å². The summed E-state index contributed by atoms with van der Waals surface area (Å²) in [5.74, 6) is 1.85. The molecule has 1 aromatic carbocycles. The van der Waals surface area contributed by atoms with Crippen molar-refractivity contribution in [1.82, 2.24) is 4.90 Å². The molecule has 0 radical (unpaired) electrons. The summed E-state index contributed by atoms with van der Waals surface area (Å²) in [6.07, 6.45) is 2.62. The SMILES string of the molecule is C=C1OB(c2ccc(OCCN3CCCC3)cc2)OC1=C. The topological polar surface area (TPSA) is 30.9 Å². The van der Waals surface area contributed by atoms with E-state index in [0.717, 1.165) is 24.4 Å². The predicted octanol–water partition coefficient (Wildman–Crippen LogP) is 1.93. The standard InChI is InChI=1S/C16H20BNO3/c1-13-14(2)21-17(20-13)15-5-7-16(8-6-15)19-12-11-18-9-3-4-10-18/h5-8H,1-4,9-12H2. The number of rotatable bonds is 5. The molecule has 2 aliphatic heterocycles. The first kappa shape index (κ1) is 14.1. The Hall–Kier alpha value is -1.88. The minimum Gasteiger partial charge on any atom is -0.520 e. The second-order valence-corrected chi connectivity index (χ2v) is 5.38. The second-order valence-electron chi connectivity index (χ2n) is 5.38. The van der Waals surface area contributed by atoms with Gasteiger partial charge in [0.2, 0.25) is 0 Å². The molecule has 2 fully saturated rings. The quantitative estimate of drug-likeness (QED) is 0.774. The van der Waals surface area contributed by atoms with Crippen LogP contribution >= 0.6 is 0 Å². The van der Waals surface area contributed by atoms with Gasteiger partial charge in [-0.05, 0) is 38.1 Å². The maximum Gasteiger partial charge on any atom is 0.632 e. The van der Waals surface area contributed by atoms with E-state index in [9.17, 15) is 0 Å². The summed E-state index contributed by atoms with van der Waals surface area (Å²) in [4.78, 5) is 2.44. The fourth-order valence-electron chi connectivity index (χ4n) is 2.57. The molecule has 1 aromatic rings. The first-order valence-corrected chi connectivity index (χ1v) is 7.39. The molecule has 0 spiro atoms. The zero-order valence-electron chi connectivity index (χ0n) is 12.2.